The summed E-state index contributed by atoms with van der Waals surface area (Å²) in [6, 6.07) is 8.89. The lowest BCUT2D eigenvalue weighted by Crippen LogP contribution is -2.45. The quantitative estimate of drug-likeness (QED) is 0.372. The molecule has 2 atom stereocenters. The van der Waals surface area contributed by atoms with Gasteiger partial charge >= 0.3 is 0 Å². The monoisotopic (exact) mass is 514 g/mol. The molecule has 1 aromatic carbocycles. The topological polar surface area (TPSA) is 49.3 Å². The van der Waals surface area contributed by atoms with Gasteiger partial charge in [0.25, 0.3) is 0 Å². The Hall–Kier alpha value is -1.06. The van der Waals surface area contributed by atoms with Crippen LogP contribution in [0.3, 0.4) is 0 Å². The van der Waals surface area contributed by atoms with Crippen LogP contribution in [-0.2, 0) is 4.74 Å². The predicted molar refractivity (Wildman–Crippen MR) is 127 cm³/mol. The number of halogens is 1. The molecule has 3 aliphatic rings. The Morgan fingerprint density at radius 3 is 2.59 bits per heavy atom. The van der Waals surface area contributed by atoms with Gasteiger partial charge in [-0.1, -0.05) is 12.1 Å². The van der Waals surface area contributed by atoms with Crippen LogP contribution in [0.5, 0.6) is 5.75 Å². The molecule has 1 spiro atoms. The highest BCUT2D eigenvalue weighted by molar-refractivity contribution is 14.0. The fourth-order valence-corrected chi connectivity index (χ4v) is 4.94. The van der Waals surface area contributed by atoms with E-state index in [1.165, 1.54) is 44.3 Å². The third kappa shape index (κ3) is 5.17. The molecule has 3 heterocycles. The van der Waals surface area contributed by atoms with Gasteiger partial charge in [-0.2, -0.15) is 0 Å². The number of methoxy groups -OCH3 is 1. The van der Waals surface area contributed by atoms with Gasteiger partial charge < -0.3 is 19.7 Å². The van der Waals surface area contributed by atoms with E-state index in [0.29, 0.717) is 11.5 Å². The molecular formula is C22H35IN4O2. The molecule has 1 aromatic rings. The molecule has 29 heavy (non-hydrogen) atoms. The van der Waals surface area contributed by atoms with E-state index in [9.17, 15) is 0 Å². The highest BCUT2D eigenvalue weighted by atomic mass is 127. The zero-order valence-corrected chi connectivity index (χ0v) is 20.1. The zero-order chi connectivity index (χ0) is 19.4. The van der Waals surface area contributed by atoms with E-state index in [4.69, 9.17) is 9.47 Å². The summed E-state index contributed by atoms with van der Waals surface area (Å²) in [7, 11) is 3.62. The van der Waals surface area contributed by atoms with E-state index in [0.717, 1.165) is 44.6 Å². The van der Waals surface area contributed by atoms with Gasteiger partial charge in [0.2, 0.25) is 0 Å². The number of ether oxygens (including phenoxy) is 2. The first-order valence-electron chi connectivity index (χ1n) is 10.6. The second kappa shape index (κ2) is 10.3. The zero-order valence-electron chi connectivity index (χ0n) is 17.7. The summed E-state index contributed by atoms with van der Waals surface area (Å²) in [6.07, 6.45) is 4.97. The van der Waals surface area contributed by atoms with E-state index < -0.39 is 0 Å². The summed E-state index contributed by atoms with van der Waals surface area (Å²) in [6.45, 7) is 7.15. The molecule has 4 rings (SSSR count). The minimum absolute atomic E-state index is 0. The van der Waals surface area contributed by atoms with Gasteiger partial charge in [0.05, 0.1) is 19.8 Å². The minimum atomic E-state index is 0. The highest BCUT2D eigenvalue weighted by Crippen LogP contribution is 2.38. The first kappa shape index (κ1) is 22.6. The Morgan fingerprint density at radius 2 is 1.97 bits per heavy atom. The van der Waals surface area contributed by atoms with Crippen molar-refractivity contribution in [1.82, 2.24) is 15.1 Å². The van der Waals surface area contributed by atoms with Gasteiger partial charge in [0.1, 0.15) is 5.75 Å². The number of hydrogen-bond acceptors (Lipinski definition) is 4. The Kier molecular flexibility index (Phi) is 8.04. The number of hydrogen-bond donors (Lipinski definition) is 1. The van der Waals surface area contributed by atoms with Crippen LogP contribution in [0.1, 0.15) is 37.3 Å². The first-order chi connectivity index (χ1) is 13.7. The number of aliphatic imine (C=N–C) groups is 1. The van der Waals surface area contributed by atoms with Crippen molar-refractivity contribution in [3.8, 4) is 5.75 Å². The number of guanidine groups is 1. The van der Waals surface area contributed by atoms with Crippen LogP contribution in [0.25, 0.3) is 0 Å². The fraction of sp³-hybridized carbons (Fsp3) is 0.682. The van der Waals surface area contributed by atoms with Gasteiger partial charge in [-0.15, -0.1) is 24.0 Å². The molecule has 0 bridgehead atoms. The van der Waals surface area contributed by atoms with Crippen LogP contribution in [0.4, 0.5) is 0 Å². The van der Waals surface area contributed by atoms with Crippen molar-refractivity contribution in [1.29, 1.82) is 0 Å². The van der Waals surface area contributed by atoms with Crippen molar-refractivity contribution in [2.75, 3.05) is 60.1 Å². The molecule has 0 radical (unpaired) electrons. The van der Waals surface area contributed by atoms with E-state index in [1.807, 2.05) is 7.05 Å². The van der Waals surface area contributed by atoms with Gasteiger partial charge in [0.15, 0.2) is 5.96 Å². The molecule has 7 heteroatoms. The molecule has 2 unspecified atom stereocenters. The second-order valence-electron chi connectivity index (χ2n) is 8.43. The average Bonchev–Trinajstić information content (AvgIpc) is 3.50. The van der Waals surface area contributed by atoms with Gasteiger partial charge in [-0.05, 0) is 56.5 Å². The lowest BCUT2D eigenvalue weighted by Gasteiger charge is -2.31. The van der Waals surface area contributed by atoms with Crippen LogP contribution in [0.2, 0.25) is 0 Å². The van der Waals surface area contributed by atoms with Crippen molar-refractivity contribution < 1.29 is 9.47 Å². The number of nitrogens with zero attached hydrogens (tertiary/aromatic N) is 3. The maximum absolute atomic E-state index is 5.68. The molecule has 0 aliphatic carbocycles. The van der Waals surface area contributed by atoms with Crippen LogP contribution in [0.15, 0.2) is 29.3 Å². The number of nitrogens with one attached hydrogen (secondary N) is 1. The van der Waals surface area contributed by atoms with Gasteiger partial charge in [0, 0.05) is 38.7 Å². The number of benzene rings is 1. The lowest BCUT2D eigenvalue weighted by molar-refractivity contribution is 0.156. The van der Waals surface area contributed by atoms with Crippen LogP contribution in [-0.4, -0.2) is 75.9 Å². The lowest BCUT2D eigenvalue weighted by atomic mass is 9.87. The maximum Gasteiger partial charge on any atom is 0.193 e. The highest BCUT2D eigenvalue weighted by Gasteiger charge is 2.42. The minimum Gasteiger partial charge on any atom is -0.497 e. The molecule has 3 fully saturated rings. The summed E-state index contributed by atoms with van der Waals surface area (Å²) >= 11 is 0. The summed E-state index contributed by atoms with van der Waals surface area (Å²) in [4.78, 5) is 9.61. The Labute approximate surface area is 192 Å². The third-order valence-corrected chi connectivity index (χ3v) is 6.67. The van der Waals surface area contributed by atoms with Crippen LogP contribution >= 0.6 is 24.0 Å². The molecule has 0 aromatic heterocycles. The van der Waals surface area contributed by atoms with Crippen molar-refractivity contribution in [3.63, 3.8) is 0 Å². The molecule has 0 amide bonds. The predicted octanol–water partition coefficient (Wildman–Crippen LogP) is 3.14. The average molecular weight is 514 g/mol. The largest absolute Gasteiger partial charge is 0.497 e. The van der Waals surface area contributed by atoms with Crippen molar-refractivity contribution in [2.45, 2.75) is 31.7 Å². The van der Waals surface area contributed by atoms with Crippen LogP contribution in [0, 0.1) is 5.41 Å². The smallest absolute Gasteiger partial charge is 0.193 e. The van der Waals surface area contributed by atoms with Crippen LogP contribution < -0.4 is 10.1 Å². The van der Waals surface area contributed by atoms with E-state index >= 15 is 0 Å². The summed E-state index contributed by atoms with van der Waals surface area (Å²) in [5, 5.41) is 3.68. The molecule has 3 saturated heterocycles. The van der Waals surface area contributed by atoms with Crippen molar-refractivity contribution in [2.24, 2.45) is 10.4 Å². The Morgan fingerprint density at radius 1 is 1.21 bits per heavy atom. The number of likely N-dealkylation sites (tertiary alicyclic amines) is 2. The molecule has 162 valence electrons. The molecule has 0 saturated carbocycles. The third-order valence-electron chi connectivity index (χ3n) is 6.67. The fourth-order valence-electron chi connectivity index (χ4n) is 4.94. The van der Waals surface area contributed by atoms with Crippen molar-refractivity contribution >= 4 is 29.9 Å². The Bertz CT molecular complexity index is 670. The van der Waals surface area contributed by atoms with Gasteiger partial charge in [-0.3, -0.25) is 9.89 Å². The van der Waals surface area contributed by atoms with Crippen molar-refractivity contribution in [3.05, 3.63) is 29.8 Å². The summed E-state index contributed by atoms with van der Waals surface area (Å²) in [5.41, 5.74) is 1.69. The standard InChI is InChI=1S/C22H34N4O2.HI/c1-23-21(26-13-9-22(16-26)10-14-28-17-22)24-15-20(25-11-3-4-12-25)18-5-7-19(27-2)8-6-18;/h5-8,20H,3-4,9-17H2,1-2H3,(H,23,24);1H. The van der Waals surface area contributed by atoms with E-state index in [-0.39, 0.29) is 24.0 Å². The molecule has 3 aliphatic heterocycles. The summed E-state index contributed by atoms with van der Waals surface area (Å²) in [5.74, 6) is 1.94. The molecule has 6 nitrogen and oxygen atoms in total. The van der Waals surface area contributed by atoms with Gasteiger partial charge in [-0.25, -0.2) is 0 Å². The molecule has 1 N–H and O–H groups in total. The summed E-state index contributed by atoms with van der Waals surface area (Å²) < 4.78 is 11.0. The van der Waals surface area contributed by atoms with E-state index in [2.05, 4.69) is 44.4 Å². The SMILES string of the molecule is CN=C(NCC(c1ccc(OC)cc1)N1CCCC1)N1CCC2(CCOC2)C1.I. The first-order valence-corrected chi connectivity index (χ1v) is 10.6. The molecular weight excluding hydrogens is 479 g/mol. The number of rotatable bonds is 5. The maximum atomic E-state index is 5.68. The Balaban J connectivity index is 0.00000240. The second-order valence-corrected chi connectivity index (χ2v) is 8.43. The van der Waals surface area contributed by atoms with E-state index in [1.54, 1.807) is 7.11 Å². The normalized spacial score (nSPS) is 26.0.